The molecule has 114 valence electrons. The summed E-state index contributed by atoms with van der Waals surface area (Å²) in [6, 6.07) is 6.01. The van der Waals surface area contributed by atoms with Crippen LogP contribution in [0.2, 0.25) is 0 Å². The van der Waals surface area contributed by atoms with E-state index >= 15 is 0 Å². The van der Waals surface area contributed by atoms with E-state index in [2.05, 4.69) is 14.9 Å². The van der Waals surface area contributed by atoms with E-state index in [9.17, 15) is 17.2 Å². The van der Waals surface area contributed by atoms with E-state index in [-0.39, 0.29) is 27.2 Å². The number of hydrogen-bond acceptors (Lipinski definition) is 4. The average Bonchev–Trinajstić information content (AvgIpc) is 2.71. The number of nitrogens with zero attached hydrogens (tertiary/aromatic N) is 1. The number of para-hydroxylation sites is 1. The van der Waals surface area contributed by atoms with Gasteiger partial charge in [-0.2, -0.15) is 13.9 Å². The molecular formula is C12H13F2N3O2S2. The highest BCUT2D eigenvalue weighted by Crippen LogP contribution is 2.33. The number of H-pyrrole nitrogens is 1. The van der Waals surface area contributed by atoms with Gasteiger partial charge in [0.25, 0.3) is 15.8 Å². The Bertz CT molecular complexity index is 725. The number of anilines is 1. The average molecular weight is 333 g/mol. The highest BCUT2D eigenvalue weighted by molar-refractivity contribution is 7.99. The summed E-state index contributed by atoms with van der Waals surface area (Å²) in [5, 5.41) is 6.41. The second kappa shape index (κ2) is 6.02. The zero-order chi connectivity index (χ0) is 15.6. The van der Waals surface area contributed by atoms with E-state index in [0.717, 1.165) is 0 Å². The van der Waals surface area contributed by atoms with Crippen LogP contribution in [-0.4, -0.2) is 24.4 Å². The minimum absolute atomic E-state index is 0.0272. The molecule has 9 heteroatoms. The number of aryl methyl sites for hydroxylation is 2. The van der Waals surface area contributed by atoms with Crippen LogP contribution < -0.4 is 4.72 Å². The summed E-state index contributed by atoms with van der Waals surface area (Å²) >= 11 is 0.288. The van der Waals surface area contributed by atoms with Gasteiger partial charge in [-0.25, -0.2) is 8.42 Å². The molecule has 0 aliphatic heterocycles. The fourth-order valence-electron chi connectivity index (χ4n) is 1.88. The molecule has 0 radical (unpaired) electrons. The van der Waals surface area contributed by atoms with Crippen LogP contribution in [-0.2, 0) is 10.0 Å². The van der Waals surface area contributed by atoms with Crippen LogP contribution in [0.4, 0.5) is 14.5 Å². The molecule has 21 heavy (non-hydrogen) atoms. The van der Waals surface area contributed by atoms with Gasteiger partial charge in [-0.05, 0) is 26.0 Å². The Morgan fingerprint density at radius 1 is 1.29 bits per heavy atom. The molecule has 2 N–H and O–H groups in total. The first-order chi connectivity index (χ1) is 9.81. The molecule has 1 heterocycles. The Balaban J connectivity index is 2.38. The summed E-state index contributed by atoms with van der Waals surface area (Å²) in [7, 11) is -3.89. The van der Waals surface area contributed by atoms with Crippen molar-refractivity contribution >= 4 is 27.5 Å². The van der Waals surface area contributed by atoms with Gasteiger partial charge < -0.3 is 0 Å². The van der Waals surface area contributed by atoms with Crippen molar-refractivity contribution in [3.8, 4) is 0 Å². The van der Waals surface area contributed by atoms with Crippen molar-refractivity contribution in [1.29, 1.82) is 0 Å². The monoisotopic (exact) mass is 333 g/mol. The van der Waals surface area contributed by atoms with Crippen LogP contribution >= 0.6 is 11.8 Å². The number of sulfonamides is 1. The molecule has 0 unspecified atom stereocenters. The number of rotatable bonds is 5. The fourth-order valence-corrected chi connectivity index (χ4v) is 3.99. The molecule has 2 rings (SSSR count). The molecule has 0 fully saturated rings. The topological polar surface area (TPSA) is 74.8 Å². The maximum absolute atomic E-state index is 12.5. The minimum atomic E-state index is -3.89. The molecule has 0 atom stereocenters. The van der Waals surface area contributed by atoms with E-state index in [4.69, 9.17) is 0 Å². The van der Waals surface area contributed by atoms with Gasteiger partial charge in [-0.1, -0.05) is 23.9 Å². The lowest BCUT2D eigenvalue weighted by atomic mass is 10.3. The lowest BCUT2D eigenvalue weighted by Gasteiger charge is -2.12. The van der Waals surface area contributed by atoms with Crippen LogP contribution in [0.5, 0.6) is 0 Å². The summed E-state index contributed by atoms with van der Waals surface area (Å²) in [5.74, 6) is -2.63. The molecule has 0 aliphatic rings. The number of alkyl halides is 2. The number of aromatic amines is 1. The standard InChI is InChI=1S/C12H13F2N3O2S2/c1-7-11(8(2)16-15-7)21(18,19)17-9-5-3-4-6-10(9)20-12(13)14/h3-6,12,17H,1-2H3,(H,15,16). The maximum Gasteiger partial charge on any atom is 0.288 e. The molecule has 0 aliphatic carbocycles. The van der Waals surface area contributed by atoms with E-state index < -0.39 is 15.8 Å². The van der Waals surface area contributed by atoms with Crippen molar-refractivity contribution in [2.45, 2.75) is 29.4 Å². The Hall–Kier alpha value is -1.61. The molecule has 2 aromatic rings. The van der Waals surface area contributed by atoms with Gasteiger partial charge in [0.05, 0.1) is 17.1 Å². The number of benzene rings is 1. The van der Waals surface area contributed by atoms with Crippen molar-refractivity contribution in [1.82, 2.24) is 10.2 Å². The van der Waals surface area contributed by atoms with Gasteiger partial charge in [0.15, 0.2) is 0 Å². The summed E-state index contributed by atoms with van der Waals surface area (Å²) in [6.07, 6.45) is 0. The van der Waals surface area contributed by atoms with Crippen molar-refractivity contribution in [2.24, 2.45) is 0 Å². The largest absolute Gasteiger partial charge is 0.288 e. The molecule has 0 saturated carbocycles. The summed E-state index contributed by atoms with van der Waals surface area (Å²) in [6.45, 7) is 3.13. The minimum Gasteiger partial charge on any atom is -0.281 e. The van der Waals surface area contributed by atoms with Crippen LogP contribution in [0, 0.1) is 13.8 Å². The number of halogens is 2. The summed E-state index contributed by atoms with van der Waals surface area (Å²) < 4.78 is 52.1. The van der Waals surface area contributed by atoms with Crippen molar-refractivity contribution in [3.63, 3.8) is 0 Å². The van der Waals surface area contributed by atoms with E-state index in [1.165, 1.54) is 12.1 Å². The highest BCUT2D eigenvalue weighted by Gasteiger charge is 2.23. The molecular weight excluding hydrogens is 320 g/mol. The highest BCUT2D eigenvalue weighted by atomic mass is 32.2. The fraction of sp³-hybridized carbons (Fsp3) is 0.250. The predicted molar refractivity (Wildman–Crippen MR) is 77.2 cm³/mol. The Labute approximate surface area is 125 Å². The number of aromatic nitrogens is 2. The third-order valence-corrected chi connectivity index (χ3v) is 5.09. The molecule has 1 aromatic carbocycles. The number of thioether (sulfide) groups is 1. The lowest BCUT2D eigenvalue weighted by molar-refractivity contribution is 0.252. The van der Waals surface area contributed by atoms with Gasteiger partial charge in [-0.3, -0.25) is 9.82 Å². The second-order valence-corrected chi connectivity index (χ2v) is 6.89. The van der Waals surface area contributed by atoms with Crippen LogP contribution in [0.3, 0.4) is 0 Å². The quantitative estimate of drug-likeness (QED) is 0.824. The van der Waals surface area contributed by atoms with E-state index in [0.29, 0.717) is 11.4 Å². The van der Waals surface area contributed by atoms with Crippen molar-refractivity contribution < 1.29 is 17.2 Å². The van der Waals surface area contributed by atoms with Crippen LogP contribution in [0.25, 0.3) is 0 Å². The normalized spacial score (nSPS) is 11.9. The zero-order valence-corrected chi connectivity index (χ0v) is 12.9. The number of nitrogens with one attached hydrogen (secondary N) is 2. The molecule has 5 nitrogen and oxygen atoms in total. The molecule has 0 amide bonds. The summed E-state index contributed by atoms with van der Waals surface area (Å²) in [5.41, 5.74) is 0.820. The van der Waals surface area contributed by atoms with Gasteiger partial charge in [-0.15, -0.1) is 0 Å². The smallest absolute Gasteiger partial charge is 0.281 e. The zero-order valence-electron chi connectivity index (χ0n) is 11.2. The third kappa shape index (κ3) is 3.53. The van der Waals surface area contributed by atoms with Gasteiger partial charge >= 0.3 is 0 Å². The molecule has 0 bridgehead atoms. The lowest BCUT2D eigenvalue weighted by Crippen LogP contribution is -2.15. The SMILES string of the molecule is Cc1n[nH]c(C)c1S(=O)(=O)Nc1ccccc1SC(F)F. The Kier molecular flexibility index (Phi) is 4.52. The van der Waals surface area contributed by atoms with Crippen molar-refractivity contribution in [2.75, 3.05) is 4.72 Å². The first kappa shape index (κ1) is 15.8. The van der Waals surface area contributed by atoms with Crippen LogP contribution in [0.15, 0.2) is 34.1 Å². The Morgan fingerprint density at radius 2 is 1.95 bits per heavy atom. The summed E-state index contributed by atoms with van der Waals surface area (Å²) in [4.78, 5) is 0.189. The van der Waals surface area contributed by atoms with Gasteiger partial charge in [0, 0.05) is 4.90 Å². The first-order valence-corrected chi connectivity index (χ1v) is 8.26. The Morgan fingerprint density at radius 3 is 2.52 bits per heavy atom. The number of hydrogen-bond donors (Lipinski definition) is 2. The maximum atomic E-state index is 12.5. The first-order valence-electron chi connectivity index (χ1n) is 5.89. The second-order valence-electron chi connectivity index (χ2n) is 4.24. The molecule has 1 aromatic heterocycles. The van der Waals surface area contributed by atoms with Gasteiger partial charge in [0.2, 0.25) is 0 Å². The third-order valence-electron chi connectivity index (χ3n) is 2.68. The van der Waals surface area contributed by atoms with Crippen molar-refractivity contribution in [3.05, 3.63) is 35.7 Å². The van der Waals surface area contributed by atoms with Crippen LogP contribution in [0.1, 0.15) is 11.4 Å². The predicted octanol–water partition coefficient (Wildman–Crippen LogP) is 3.14. The van der Waals surface area contributed by atoms with E-state index in [1.807, 2.05) is 0 Å². The molecule has 0 saturated heterocycles. The van der Waals surface area contributed by atoms with Gasteiger partial charge in [0.1, 0.15) is 4.90 Å². The molecule has 0 spiro atoms. The van der Waals surface area contributed by atoms with E-state index in [1.54, 1.807) is 26.0 Å².